The Morgan fingerprint density at radius 3 is 2.52 bits per heavy atom. The summed E-state index contributed by atoms with van der Waals surface area (Å²) in [4.78, 5) is 31.5. The molecule has 0 atom stereocenters. The molecule has 3 aliphatic heterocycles. The summed E-state index contributed by atoms with van der Waals surface area (Å²) >= 11 is 0. The number of benzene rings is 1. The SMILES string of the molecule is CC1=NS(=O)(=O)N(C)C=C1C(=O)N1CCN(CC(=O)N2CCCc3ccccc32)CC1. The molecule has 3 heterocycles. The van der Waals surface area contributed by atoms with Gasteiger partial charge in [-0.05, 0) is 31.4 Å². The molecule has 9 nitrogen and oxygen atoms in total. The van der Waals surface area contributed by atoms with Crippen LogP contribution < -0.4 is 4.90 Å². The van der Waals surface area contributed by atoms with Crippen molar-refractivity contribution in [1.82, 2.24) is 14.1 Å². The number of fused-ring (bicyclic) bond motifs is 1. The summed E-state index contributed by atoms with van der Waals surface area (Å²) in [6.07, 6.45) is 3.28. The largest absolute Gasteiger partial charge is 0.344 e. The molecular weight excluding hydrogens is 418 g/mol. The van der Waals surface area contributed by atoms with Crippen LogP contribution in [-0.4, -0.2) is 86.4 Å². The summed E-state index contributed by atoms with van der Waals surface area (Å²) in [6.45, 7) is 4.71. The molecule has 0 N–H and O–H groups in total. The maximum Gasteiger partial charge on any atom is 0.344 e. The van der Waals surface area contributed by atoms with Crippen molar-refractivity contribution in [3.8, 4) is 0 Å². The summed E-state index contributed by atoms with van der Waals surface area (Å²) in [5.74, 6) is -0.157. The molecule has 0 saturated carbocycles. The second-order valence-electron chi connectivity index (χ2n) is 8.06. The van der Waals surface area contributed by atoms with Gasteiger partial charge in [0.1, 0.15) is 0 Å². The van der Waals surface area contributed by atoms with Crippen molar-refractivity contribution in [2.45, 2.75) is 19.8 Å². The Hall–Kier alpha value is -2.72. The van der Waals surface area contributed by atoms with Gasteiger partial charge in [-0.1, -0.05) is 18.2 Å². The summed E-state index contributed by atoms with van der Waals surface area (Å²) in [6, 6.07) is 8.04. The molecule has 1 aromatic rings. The molecule has 0 aromatic heterocycles. The number of hydrogen-bond donors (Lipinski definition) is 0. The number of rotatable bonds is 3. The summed E-state index contributed by atoms with van der Waals surface area (Å²) in [7, 11) is -2.38. The zero-order valence-electron chi connectivity index (χ0n) is 17.8. The summed E-state index contributed by atoms with van der Waals surface area (Å²) < 4.78 is 28.2. The maximum absolute atomic E-state index is 12.9. The first kappa shape index (κ1) is 21.5. The average Bonchev–Trinajstić information content (AvgIpc) is 2.75. The first-order valence-electron chi connectivity index (χ1n) is 10.4. The topological polar surface area (TPSA) is 93.6 Å². The lowest BCUT2D eigenvalue weighted by Gasteiger charge is -2.37. The minimum absolute atomic E-state index is 0.0803. The highest BCUT2D eigenvalue weighted by Crippen LogP contribution is 2.27. The molecule has 0 aliphatic carbocycles. The number of para-hydroxylation sites is 1. The third-order valence-electron chi connectivity index (χ3n) is 5.98. The number of piperazine rings is 1. The molecule has 1 saturated heterocycles. The highest BCUT2D eigenvalue weighted by molar-refractivity contribution is 7.88. The lowest BCUT2D eigenvalue weighted by molar-refractivity contribution is -0.128. The van der Waals surface area contributed by atoms with Gasteiger partial charge in [0.05, 0.1) is 17.8 Å². The molecule has 10 heteroatoms. The van der Waals surface area contributed by atoms with E-state index in [1.165, 1.54) is 25.7 Å². The lowest BCUT2D eigenvalue weighted by atomic mass is 10.0. The Bertz CT molecular complexity index is 1060. The van der Waals surface area contributed by atoms with E-state index in [1.807, 2.05) is 23.1 Å². The first-order chi connectivity index (χ1) is 14.8. The average molecular weight is 446 g/mol. The predicted molar refractivity (Wildman–Crippen MR) is 118 cm³/mol. The van der Waals surface area contributed by atoms with Crippen LogP contribution in [0.4, 0.5) is 5.69 Å². The van der Waals surface area contributed by atoms with Gasteiger partial charge in [0.2, 0.25) is 5.91 Å². The molecule has 2 amide bonds. The van der Waals surface area contributed by atoms with E-state index in [0.29, 0.717) is 32.7 Å². The van der Waals surface area contributed by atoms with Crippen LogP contribution in [0.15, 0.2) is 40.4 Å². The molecule has 0 bridgehead atoms. The molecule has 1 aromatic carbocycles. The van der Waals surface area contributed by atoms with Gasteiger partial charge in [-0.3, -0.25) is 18.8 Å². The monoisotopic (exact) mass is 445 g/mol. The Balaban J connectivity index is 1.35. The van der Waals surface area contributed by atoms with Crippen molar-refractivity contribution in [1.29, 1.82) is 0 Å². The highest BCUT2D eigenvalue weighted by atomic mass is 32.2. The summed E-state index contributed by atoms with van der Waals surface area (Å²) in [5.41, 5.74) is 2.70. The van der Waals surface area contributed by atoms with Crippen LogP contribution >= 0.6 is 0 Å². The van der Waals surface area contributed by atoms with E-state index in [2.05, 4.69) is 15.4 Å². The molecule has 0 radical (unpaired) electrons. The van der Waals surface area contributed by atoms with Crippen LogP contribution in [-0.2, 0) is 26.2 Å². The number of aryl methyl sites for hydroxylation is 1. The first-order valence-corrected chi connectivity index (χ1v) is 11.8. The molecule has 31 heavy (non-hydrogen) atoms. The molecule has 0 spiro atoms. The van der Waals surface area contributed by atoms with Gasteiger partial charge in [0.15, 0.2) is 0 Å². The number of anilines is 1. The van der Waals surface area contributed by atoms with Crippen LogP contribution in [0.5, 0.6) is 0 Å². The summed E-state index contributed by atoms with van der Waals surface area (Å²) in [5, 5.41) is 0. The minimum atomic E-state index is -3.74. The van der Waals surface area contributed by atoms with Crippen molar-refractivity contribution >= 4 is 33.4 Å². The van der Waals surface area contributed by atoms with E-state index in [0.717, 1.165) is 29.4 Å². The number of hydrogen-bond acceptors (Lipinski definition) is 5. The third-order valence-corrected chi connectivity index (χ3v) is 7.31. The van der Waals surface area contributed by atoms with Gasteiger partial charge in [-0.15, -0.1) is 4.40 Å². The second kappa shape index (κ2) is 8.43. The van der Waals surface area contributed by atoms with Gasteiger partial charge in [0.25, 0.3) is 5.91 Å². The zero-order chi connectivity index (χ0) is 22.2. The van der Waals surface area contributed by atoms with Gasteiger partial charge in [0, 0.05) is 51.7 Å². The number of carbonyl (C=O) groups excluding carboxylic acids is 2. The molecule has 1 fully saturated rings. The molecule has 166 valence electrons. The van der Waals surface area contributed by atoms with Gasteiger partial charge < -0.3 is 9.80 Å². The quantitative estimate of drug-likeness (QED) is 0.681. The van der Waals surface area contributed by atoms with Crippen LogP contribution in [0.25, 0.3) is 0 Å². The third kappa shape index (κ3) is 4.35. The minimum Gasteiger partial charge on any atom is -0.336 e. The Morgan fingerprint density at radius 1 is 1.06 bits per heavy atom. The van der Waals surface area contributed by atoms with Crippen molar-refractivity contribution in [3.05, 3.63) is 41.6 Å². The van der Waals surface area contributed by atoms with Gasteiger partial charge in [-0.25, -0.2) is 0 Å². The van der Waals surface area contributed by atoms with Crippen molar-refractivity contribution in [2.24, 2.45) is 4.40 Å². The fourth-order valence-electron chi connectivity index (χ4n) is 4.19. The number of nitrogens with zero attached hydrogens (tertiary/aromatic N) is 5. The van der Waals surface area contributed by atoms with Crippen molar-refractivity contribution in [3.63, 3.8) is 0 Å². The van der Waals surface area contributed by atoms with Crippen LogP contribution in [0.3, 0.4) is 0 Å². The Kier molecular flexibility index (Phi) is 5.85. The van der Waals surface area contributed by atoms with Crippen LogP contribution in [0, 0.1) is 0 Å². The van der Waals surface area contributed by atoms with Gasteiger partial charge >= 0.3 is 10.2 Å². The van der Waals surface area contributed by atoms with Crippen molar-refractivity contribution in [2.75, 3.05) is 51.2 Å². The highest BCUT2D eigenvalue weighted by Gasteiger charge is 2.31. The molecule has 3 aliphatic rings. The standard InChI is InChI=1S/C21H27N5O4S/c1-16-18(14-23(2)31(29,30)22-16)21(28)25-12-10-24(11-13-25)15-20(27)26-9-5-7-17-6-3-4-8-19(17)26/h3-4,6,8,14H,5,7,9-13,15H2,1-2H3. The number of amides is 2. The zero-order valence-corrected chi connectivity index (χ0v) is 18.6. The van der Waals surface area contributed by atoms with Crippen molar-refractivity contribution < 1.29 is 18.0 Å². The fraction of sp³-hybridized carbons (Fsp3) is 0.476. The van der Waals surface area contributed by atoms with E-state index < -0.39 is 10.2 Å². The van der Waals surface area contributed by atoms with Gasteiger partial charge in [-0.2, -0.15) is 8.42 Å². The Labute approximate surface area is 182 Å². The Morgan fingerprint density at radius 2 is 1.77 bits per heavy atom. The smallest absolute Gasteiger partial charge is 0.336 e. The van der Waals surface area contributed by atoms with E-state index in [4.69, 9.17) is 0 Å². The van der Waals surface area contributed by atoms with E-state index >= 15 is 0 Å². The predicted octanol–water partition coefficient (Wildman–Crippen LogP) is 0.645. The molecule has 0 unspecified atom stereocenters. The second-order valence-corrected chi connectivity index (χ2v) is 9.71. The van der Waals surface area contributed by atoms with E-state index in [1.54, 1.807) is 4.90 Å². The number of carbonyl (C=O) groups is 2. The normalized spacial score (nSPS) is 21.3. The lowest BCUT2D eigenvalue weighted by Crippen LogP contribution is -2.52. The van der Waals surface area contributed by atoms with Crippen LogP contribution in [0.1, 0.15) is 18.9 Å². The fourth-order valence-corrected chi connectivity index (χ4v) is 5.00. The molecular formula is C21H27N5O4S. The maximum atomic E-state index is 12.9. The molecule has 4 rings (SSSR count). The van der Waals surface area contributed by atoms with Crippen LogP contribution in [0.2, 0.25) is 0 Å². The van der Waals surface area contributed by atoms with E-state index in [9.17, 15) is 18.0 Å². The van der Waals surface area contributed by atoms with E-state index in [-0.39, 0.29) is 23.1 Å².